The number of carbonyl (C=O) groups is 1. The van der Waals surface area contributed by atoms with Crippen molar-refractivity contribution in [3.05, 3.63) is 108 Å². The Kier molecular flexibility index (Phi) is 5.38. The zero-order valence-electron chi connectivity index (χ0n) is 15.6. The predicted molar refractivity (Wildman–Crippen MR) is 113 cm³/mol. The minimum absolute atomic E-state index is 0.168. The fourth-order valence-corrected chi connectivity index (χ4v) is 3.40. The number of nitrogens with one attached hydrogen (secondary N) is 3. The molecule has 4 aromatic rings. The van der Waals surface area contributed by atoms with E-state index < -0.39 is 0 Å². The highest BCUT2D eigenvalue weighted by Gasteiger charge is 2.16. The van der Waals surface area contributed by atoms with Gasteiger partial charge in [0.05, 0.1) is 6.04 Å². The van der Waals surface area contributed by atoms with Crippen LogP contribution in [0.2, 0.25) is 0 Å². The maximum absolute atomic E-state index is 12.5. The number of amides is 2. The number of H-pyrrole nitrogens is 1. The summed E-state index contributed by atoms with van der Waals surface area (Å²) in [5.74, 6) is 0. The van der Waals surface area contributed by atoms with Gasteiger partial charge in [0.25, 0.3) is 0 Å². The zero-order chi connectivity index (χ0) is 19.2. The number of benzene rings is 3. The lowest BCUT2D eigenvalue weighted by Crippen LogP contribution is -2.39. The Hall–Kier alpha value is -3.53. The average Bonchev–Trinajstić information content (AvgIpc) is 3.21. The van der Waals surface area contributed by atoms with Gasteiger partial charge in [-0.25, -0.2) is 4.79 Å². The molecule has 0 atom stereocenters. The third-order valence-electron chi connectivity index (χ3n) is 4.86. The molecule has 0 saturated carbocycles. The van der Waals surface area contributed by atoms with Crippen molar-refractivity contribution in [1.82, 2.24) is 15.6 Å². The molecule has 4 heteroatoms. The molecule has 2 amide bonds. The molecule has 1 heterocycles. The van der Waals surface area contributed by atoms with Gasteiger partial charge in [0.1, 0.15) is 0 Å². The molecule has 0 fully saturated rings. The summed E-state index contributed by atoms with van der Waals surface area (Å²) in [4.78, 5) is 15.8. The molecule has 0 unspecified atom stereocenters. The van der Waals surface area contributed by atoms with Gasteiger partial charge in [-0.3, -0.25) is 0 Å². The SMILES string of the molecule is O=C(NCCc1ccc2cc[nH]c2c1)NC(c1ccccc1)c1ccccc1. The van der Waals surface area contributed by atoms with Gasteiger partial charge in [0.2, 0.25) is 0 Å². The van der Waals surface area contributed by atoms with Crippen LogP contribution in [0, 0.1) is 0 Å². The fourth-order valence-electron chi connectivity index (χ4n) is 3.40. The second kappa shape index (κ2) is 8.44. The van der Waals surface area contributed by atoms with Crippen LogP contribution >= 0.6 is 0 Å². The lowest BCUT2D eigenvalue weighted by molar-refractivity contribution is 0.239. The normalized spacial score (nSPS) is 10.9. The quantitative estimate of drug-likeness (QED) is 0.449. The molecule has 1 aromatic heterocycles. The van der Waals surface area contributed by atoms with Crippen LogP contribution in [-0.2, 0) is 6.42 Å². The van der Waals surface area contributed by atoms with E-state index in [1.807, 2.05) is 66.9 Å². The van der Waals surface area contributed by atoms with E-state index in [2.05, 4.69) is 39.9 Å². The zero-order valence-corrected chi connectivity index (χ0v) is 15.6. The first kappa shape index (κ1) is 17.9. The van der Waals surface area contributed by atoms with Crippen LogP contribution in [0.15, 0.2) is 91.1 Å². The van der Waals surface area contributed by atoms with E-state index in [1.165, 1.54) is 10.9 Å². The molecule has 0 saturated heterocycles. The van der Waals surface area contributed by atoms with Crippen LogP contribution < -0.4 is 10.6 Å². The fraction of sp³-hybridized carbons (Fsp3) is 0.125. The van der Waals surface area contributed by atoms with Crippen LogP contribution in [0.3, 0.4) is 0 Å². The third kappa shape index (κ3) is 4.23. The second-order valence-electron chi connectivity index (χ2n) is 6.80. The summed E-state index contributed by atoms with van der Waals surface area (Å²) in [6.45, 7) is 0.578. The van der Waals surface area contributed by atoms with Crippen LogP contribution in [0.5, 0.6) is 0 Å². The van der Waals surface area contributed by atoms with Gasteiger partial charge in [-0.05, 0) is 40.6 Å². The number of hydrogen-bond donors (Lipinski definition) is 3. The summed E-state index contributed by atoms with van der Waals surface area (Å²) in [6, 6.07) is 28.1. The summed E-state index contributed by atoms with van der Waals surface area (Å²) in [5, 5.41) is 7.29. The minimum Gasteiger partial charge on any atom is -0.361 e. The highest BCUT2D eigenvalue weighted by Crippen LogP contribution is 2.21. The molecular formula is C24H23N3O. The minimum atomic E-state index is -0.183. The number of aromatic nitrogens is 1. The first-order valence-corrected chi connectivity index (χ1v) is 9.50. The number of urea groups is 1. The van der Waals surface area contributed by atoms with Gasteiger partial charge in [-0.2, -0.15) is 0 Å². The first-order chi connectivity index (χ1) is 13.8. The molecule has 4 rings (SSSR count). The van der Waals surface area contributed by atoms with Crippen molar-refractivity contribution in [2.45, 2.75) is 12.5 Å². The van der Waals surface area contributed by atoms with E-state index in [-0.39, 0.29) is 12.1 Å². The lowest BCUT2D eigenvalue weighted by atomic mass is 9.99. The topological polar surface area (TPSA) is 56.9 Å². The molecule has 0 radical (unpaired) electrons. The standard InChI is InChI=1S/C24H23N3O/c28-24(26-15-13-18-11-12-19-14-16-25-22(19)17-18)27-23(20-7-3-1-4-8-20)21-9-5-2-6-10-21/h1-12,14,16-17,23,25H,13,15H2,(H2,26,27,28). The summed E-state index contributed by atoms with van der Waals surface area (Å²) in [7, 11) is 0. The van der Waals surface area contributed by atoms with Gasteiger partial charge in [-0.1, -0.05) is 72.8 Å². The summed E-state index contributed by atoms with van der Waals surface area (Å²) in [6.07, 6.45) is 2.72. The predicted octanol–water partition coefficient (Wildman–Crippen LogP) is 4.80. The first-order valence-electron chi connectivity index (χ1n) is 9.50. The van der Waals surface area contributed by atoms with Crippen molar-refractivity contribution in [3.63, 3.8) is 0 Å². The van der Waals surface area contributed by atoms with E-state index in [0.29, 0.717) is 6.54 Å². The maximum Gasteiger partial charge on any atom is 0.315 e. The van der Waals surface area contributed by atoms with E-state index >= 15 is 0 Å². The number of fused-ring (bicyclic) bond motifs is 1. The maximum atomic E-state index is 12.5. The smallest absolute Gasteiger partial charge is 0.315 e. The largest absolute Gasteiger partial charge is 0.361 e. The van der Waals surface area contributed by atoms with Crippen molar-refractivity contribution < 1.29 is 4.79 Å². The Balaban J connectivity index is 1.39. The molecule has 28 heavy (non-hydrogen) atoms. The third-order valence-corrected chi connectivity index (χ3v) is 4.86. The molecule has 3 aromatic carbocycles. The molecule has 0 spiro atoms. The van der Waals surface area contributed by atoms with E-state index in [9.17, 15) is 4.79 Å². The lowest BCUT2D eigenvalue weighted by Gasteiger charge is -2.20. The van der Waals surface area contributed by atoms with Crippen LogP contribution in [-0.4, -0.2) is 17.6 Å². The summed E-state index contributed by atoms with van der Waals surface area (Å²) < 4.78 is 0. The van der Waals surface area contributed by atoms with Gasteiger partial charge in [-0.15, -0.1) is 0 Å². The van der Waals surface area contributed by atoms with Gasteiger partial charge in [0, 0.05) is 18.3 Å². The summed E-state index contributed by atoms with van der Waals surface area (Å²) >= 11 is 0. The van der Waals surface area contributed by atoms with Gasteiger partial charge >= 0.3 is 6.03 Å². The van der Waals surface area contributed by atoms with E-state index in [0.717, 1.165) is 23.1 Å². The summed E-state index contributed by atoms with van der Waals surface area (Å²) in [5.41, 5.74) is 4.43. The monoisotopic (exact) mass is 369 g/mol. The number of aromatic amines is 1. The number of rotatable bonds is 6. The Morgan fingerprint density at radius 2 is 1.54 bits per heavy atom. The van der Waals surface area contributed by atoms with Gasteiger partial charge in [0.15, 0.2) is 0 Å². The van der Waals surface area contributed by atoms with Crippen molar-refractivity contribution >= 4 is 16.9 Å². The van der Waals surface area contributed by atoms with Crippen LogP contribution in [0.1, 0.15) is 22.7 Å². The number of carbonyl (C=O) groups excluding carboxylic acids is 1. The van der Waals surface area contributed by atoms with Gasteiger partial charge < -0.3 is 15.6 Å². The van der Waals surface area contributed by atoms with Crippen molar-refractivity contribution in [1.29, 1.82) is 0 Å². The van der Waals surface area contributed by atoms with E-state index in [4.69, 9.17) is 0 Å². The van der Waals surface area contributed by atoms with E-state index in [1.54, 1.807) is 0 Å². The molecule has 3 N–H and O–H groups in total. The molecule has 0 bridgehead atoms. The molecule has 140 valence electrons. The highest BCUT2D eigenvalue weighted by atomic mass is 16.2. The van der Waals surface area contributed by atoms with Crippen LogP contribution in [0.25, 0.3) is 10.9 Å². The van der Waals surface area contributed by atoms with Crippen molar-refractivity contribution in [3.8, 4) is 0 Å². The Morgan fingerprint density at radius 1 is 0.857 bits per heavy atom. The Bertz CT molecular complexity index is 1000. The molecule has 0 aliphatic rings. The van der Waals surface area contributed by atoms with Crippen molar-refractivity contribution in [2.75, 3.05) is 6.54 Å². The van der Waals surface area contributed by atoms with Crippen LogP contribution in [0.4, 0.5) is 4.79 Å². The average molecular weight is 369 g/mol. The molecular weight excluding hydrogens is 346 g/mol. The molecule has 4 nitrogen and oxygen atoms in total. The Labute approximate surface area is 164 Å². The molecule has 0 aliphatic carbocycles. The molecule has 0 aliphatic heterocycles. The highest BCUT2D eigenvalue weighted by molar-refractivity contribution is 5.80. The Morgan fingerprint density at radius 3 is 2.21 bits per heavy atom. The number of hydrogen-bond acceptors (Lipinski definition) is 1. The second-order valence-corrected chi connectivity index (χ2v) is 6.80. The van der Waals surface area contributed by atoms with Crippen molar-refractivity contribution in [2.24, 2.45) is 0 Å².